The van der Waals surface area contributed by atoms with Gasteiger partial charge in [0, 0.05) is 35.3 Å². The van der Waals surface area contributed by atoms with Crippen molar-refractivity contribution in [3.63, 3.8) is 0 Å². The molecule has 0 aliphatic carbocycles. The van der Waals surface area contributed by atoms with Gasteiger partial charge >= 0.3 is 5.97 Å². The van der Waals surface area contributed by atoms with Crippen LogP contribution in [0.2, 0.25) is 0 Å². The van der Waals surface area contributed by atoms with Crippen molar-refractivity contribution >= 4 is 16.9 Å². The molecule has 0 spiro atoms. The van der Waals surface area contributed by atoms with Gasteiger partial charge in [-0.1, -0.05) is 20.8 Å². The number of benzene rings is 1. The number of methoxy groups -OCH3 is 1. The molecule has 27 heavy (non-hydrogen) atoms. The fourth-order valence-electron chi connectivity index (χ4n) is 3.83. The summed E-state index contributed by atoms with van der Waals surface area (Å²) in [4.78, 5) is 23.8. The standard InChI is InChI=1S/C21H21NO5/c1-21(2,3)18-8-13-12-6-5-11(26-4)7-17(12)27-19(13)15-9-16(23)14(20(24)25)10-22(15)18/h5-7,9-10,18H,8H2,1-4H3,(H,24,25). The molecule has 1 N–H and O–H groups in total. The first-order valence-corrected chi connectivity index (χ1v) is 8.80. The number of pyridine rings is 1. The van der Waals surface area contributed by atoms with E-state index >= 15 is 0 Å². The summed E-state index contributed by atoms with van der Waals surface area (Å²) in [5.74, 6) is 0.0930. The summed E-state index contributed by atoms with van der Waals surface area (Å²) in [5, 5.41) is 10.4. The van der Waals surface area contributed by atoms with Crippen LogP contribution in [0.15, 0.2) is 39.7 Å². The number of carboxylic acids is 1. The van der Waals surface area contributed by atoms with Crippen LogP contribution in [0.3, 0.4) is 0 Å². The summed E-state index contributed by atoms with van der Waals surface area (Å²) in [6.45, 7) is 6.32. The van der Waals surface area contributed by atoms with Crippen LogP contribution in [0, 0.1) is 5.41 Å². The number of carbonyl (C=O) groups is 1. The Bertz CT molecular complexity index is 1130. The predicted molar refractivity (Wildman–Crippen MR) is 102 cm³/mol. The highest BCUT2D eigenvalue weighted by molar-refractivity contribution is 5.90. The van der Waals surface area contributed by atoms with Crippen LogP contribution in [-0.4, -0.2) is 22.8 Å². The summed E-state index contributed by atoms with van der Waals surface area (Å²) in [6.07, 6.45) is 2.14. The Morgan fingerprint density at radius 2 is 2.04 bits per heavy atom. The first kappa shape index (κ1) is 17.4. The highest BCUT2D eigenvalue weighted by Gasteiger charge is 2.36. The molecule has 1 aliphatic heterocycles. The van der Waals surface area contributed by atoms with Crippen molar-refractivity contribution in [2.75, 3.05) is 7.11 Å². The minimum absolute atomic E-state index is 0.0124. The van der Waals surface area contributed by atoms with Gasteiger partial charge < -0.3 is 18.8 Å². The fourth-order valence-corrected chi connectivity index (χ4v) is 3.83. The second-order valence-corrected chi connectivity index (χ2v) is 8.01. The number of hydrogen-bond acceptors (Lipinski definition) is 4. The van der Waals surface area contributed by atoms with Crippen LogP contribution in [0.1, 0.15) is 42.7 Å². The van der Waals surface area contributed by atoms with Crippen molar-refractivity contribution in [3.05, 3.63) is 51.8 Å². The second kappa shape index (κ2) is 5.74. The van der Waals surface area contributed by atoms with Crippen LogP contribution < -0.4 is 10.2 Å². The molecule has 0 saturated carbocycles. The Kier molecular flexibility index (Phi) is 3.70. The highest BCUT2D eigenvalue weighted by atomic mass is 16.5. The van der Waals surface area contributed by atoms with Gasteiger partial charge in [-0.2, -0.15) is 0 Å². The number of rotatable bonds is 2. The Morgan fingerprint density at radius 3 is 2.67 bits per heavy atom. The quantitative estimate of drug-likeness (QED) is 0.737. The molecule has 0 saturated heterocycles. The molecular weight excluding hydrogens is 346 g/mol. The molecule has 0 amide bonds. The minimum atomic E-state index is -1.22. The Balaban J connectivity index is 2.04. The molecule has 0 fully saturated rings. The number of furan rings is 1. The third-order valence-corrected chi connectivity index (χ3v) is 5.28. The van der Waals surface area contributed by atoms with Crippen LogP contribution in [0.25, 0.3) is 22.4 Å². The van der Waals surface area contributed by atoms with E-state index in [1.807, 2.05) is 22.8 Å². The van der Waals surface area contributed by atoms with Gasteiger partial charge in [-0.15, -0.1) is 0 Å². The van der Waals surface area contributed by atoms with Gasteiger partial charge in [0.25, 0.3) is 0 Å². The minimum Gasteiger partial charge on any atom is -0.497 e. The molecule has 6 heteroatoms. The van der Waals surface area contributed by atoms with Crippen LogP contribution in [-0.2, 0) is 6.42 Å². The van der Waals surface area contributed by atoms with Crippen molar-refractivity contribution in [1.29, 1.82) is 0 Å². The lowest BCUT2D eigenvalue weighted by molar-refractivity contribution is 0.0693. The zero-order valence-electron chi connectivity index (χ0n) is 15.7. The Morgan fingerprint density at radius 1 is 1.30 bits per heavy atom. The van der Waals surface area contributed by atoms with Gasteiger partial charge in [0.1, 0.15) is 16.9 Å². The molecule has 0 bridgehead atoms. The zero-order valence-corrected chi connectivity index (χ0v) is 15.7. The number of nitrogens with zero attached hydrogens (tertiary/aromatic N) is 1. The molecule has 1 unspecified atom stereocenters. The summed E-state index contributed by atoms with van der Waals surface area (Å²) < 4.78 is 13.3. The maximum Gasteiger partial charge on any atom is 0.341 e. The molecule has 1 aliphatic rings. The number of ether oxygens (including phenoxy) is 1. The zero-order chi connectivity index (χ0) is 19.5. The lowest BCUT2D eigenvalue weighted by Gasteiger charge is -2.37. The van der Waals surface area contributed by atoms with E-state index in [0.29, 0.717) is 29.2 Å². The average molecular weight is 367 g/mol. The van der Waals surface area contributed by atoms with Crippen molar-refractivity contribution in [2.24, 2.45) is 5.41 Å². The first-order valence-electron chi connectivity index (χ1n) is 8.80. The predicted octanol–water partition coefficient (Wildman–Crippen LogP) is 4.11. The molecule has 1 aromatic carbocycles. The highest BCUT2D eigenvalue weighted by Crippen LogP contribution is 2.46. The summed E-state index contributed by atoms with van der Waals surface area (Å²) in [7, 11) is 1.60. The SMILES string of the molecule is COc1ccc2c3c(oc2c1)-c1cc(=O)c(C(=O)O)cn1C(C(C)(C)C)C3. The molecule has 4 rings (SSSR count). The third kappa shape index (κ3) is 2.63. The molecular formula is C21H21NO5. The summed E-state index contributed by atoms with van der Waals surface area (Å²) in [5.41, 5.74) is 1.45. The van der Waals surface area contributed by atoms with Crippen LogP contribution >= 0.6 is 0 Å². The van der Waals surface area contributed by atoms with Gasteiger partial charge in [0.05, 0.1) is 12.8 Å². The van der Waals surface area contributed by atoms with Crippen molar-refractivity contribution < 1.29 is 19.1 Å². The summed E-state index contributed by atoms with van der Waals surface area (Å²) >= 11 is 0. The number of aromatic carboxylic acids is 1. The van der Waals surface area contributed by atoms with Gasteiger partial charge in [0.15, 0.2) is 11.2 Å². The lowest BCUT2D eigenvalue weighted by Crippen LogP contribution is -2.32. The van der Waals surface area contributed by atoms with Crippen molar-refractivity contribution in [2.45, 2.75) is 33.2 Å². The van der Waals surface area contributed by atoms with E-state index in [2.05, 4.69) is 20.8 Å². The van der Waals surface area contributed by atoms with E-state index in [9.17, 15) is 14.7 Å². The number of carboxylic acid groups (broad SMARTS) is 1. The normalized spacial score (nSPS) is 16.1. The first-order chi connectivity index (χ1) is 12.7. The van der Waals surface area contributed by atoms with Crippen molar-refractivity contribution in [3.8, 4) is 17.2 Å². The number of aromatic nitrogens is 1. The van der Waals surface area contributed by atoms with Gasteiger partial charge in [-0.25, -0.2) is 4.79 Å². The molecule has 2 aromatic heterocycles. The maximum absolute atomic E-state index is 12.4. The second-order valence-electron chi connectivity index (χ2n) is 8.01. The van der Waals surface area contributed by atoms with Crippen LogP contribution in [0.5, 0.6) is 5.75 Å². The van der Waals surface area contributed by atoms with E-state index < -0.39 is 11.4 Å². The van der Waals surface area contributed by atoms with Crippen molar-refractivity contribution in [1.82, 2.24) is 4.57 Å². The Labute approximate surface area is 156 Å². The molecule has 140 valence electrons. The van der Waals surface area contributed by atoms with E-state index in [1.165, 1.54) is 12.3 Å². The molecule has 3 aromatic rings. The average Bonchev–Trinajstić information content (AvgIpc) is 2.97. The largest absolute Gasteiger partial charge is 0.497 e. The van der Waals surface area contributed by atoms with Gasteiger partial charge in [0.2, 0.25) is 0 Å². The topological polar surface area (TPSA) is 81.7 Å². The third-order valence-electron chi connectivity index (χ3n) is 5.28. The maximum atomic E-state index is 12.4. The molecule has 0 radical (unpaired) electrons. The van der Waals surface area contributed by atoms with E-state index in [-0.39, 0.29) is 17.0 Å². The van der Waals surface area contributed by atoms with Crippen LogP contribution in [0.4, 0.5) is 0 Å². The van der Waals surface area contributed by atoms with E-state index in [1.54, 1.807) is 7.11 Å². The fraction of sp³-hybridized carbons (Fsp3) is 0.333. The number of hydrogen-bond donors (Lipinski definition) is 1. The molecule has 1 atom stereocenters. The van der Waals surface area contributed by atoms with E-state index in [4.69, 9.17) is 9.15 Å². The smallest absolute Gasteiger partial charge is 0.341 e. The van der Waals surface area contributed by atoms with E-state index in [0.717, 1.165) is 10.9 Å². The monoisotopic (exact) mass is 367 g/mol. The van der Waals surface area contributed by atoms with Gasteiger partial charge in [-0.05, 0) is 24.0 Å². The van der Waals surface area contributed by atoms with Gasteiger partial charge in [-0.3, -0.25) is 4.79 Å². The lowest BCUT2D eigenvalue weighted by atomic mass is 9.80. The molecule has 6 nitrogen and oxygen atoms in total. The Hall–Kier alpha value is -3.02. The molecule has 3 heterocycles. The summed E-state index contributed by atoms with van der Waals surface area (Å²) in [6, 6.07) is 7.05. The number of fused-ring (bicyclic) bond motifs is 5.